The maximum atomic E-state index is 13.7. The smallest absolute Gasteiger partial charge is 0.259 e. The van der Waals surface area contributed by atoms with Crippen molar-refractivity contribution in [3.8, 4) is 17.0 Å². The Labute approximate surface area is 169 Å². The summed E-state index contributed by atoms with van der Waals surface area (Å²) in [5.41, 5.74) is 0.634. The number of nitrogens with zero attached hydrogens (tertiary/aromatic N) is 2. The van der Waals surface area contributed by atoms with E-state index in [1.807, 2.05) is 0 Å². The Bertz CT molecular complexity index is 1060. The third-order valence-electron chi connectivity index (χ3n) is 4.21. The number of ether oxygens (including phenoxy) is 2. The molecule has 2 aromatic carbocycles. The molecule has 3 aromatic rings. The molecule has 0 radical (unpaired) electrons. The summed E-state index contributed by atoms with van der Waals surface area (Å²) >= 11 is 6.26. The van der Waals surface area contributed by atoms with Crippen molar-refractivity contribution in [3.05, 3.63) is 71.0 Å². The minimum absolute atomic E-state index is 0.0101. The number of benzene rings is 2. The van der Waals surface area contributed by atoms with Gasteiger partial charge in [-0.25, -0.2) is 13.8 Å². The van der Waals surface area contributed by atoms with Gasteiger partial charge in [0, 0.05) is 5.56 Å². The first-order valence-corrected chi connectivity index (χ1v) is 9.01. The molecule has 0 spiro atoms. The predicted octanol–water partition coefficient (Wildman–Crippen LogP) is 4.11. The Morgan fingerprint density at radius 2 is 2.00 bits per heavy atom. The van der Waals surface area contributed by atoms with Gasteiger partial charge >= 0.3 is 0 Å². The van der Waals surface area contributed by atoms with Crippen LogP contribution < -0.4 is 10.1 Å². The maximum Gasteiger partial charge on any atom is 0.259 e. The van der Waals surface area contributed by atoms with E-state index in [9.17, 15) is 13.6 Å². The van der Waals surface area contributed by atoms with Crippen molar-refractivity contribution in [1.82, 2.24) is 9.97 Å². The van der Waals surface area contributed by atoms with E-state index in [0.717, 1.165) is 6.07 Å². The topological polar surface area (TPSA) is 73.3 Å². The molecule has 0 atom stereocenters. The number of hydrogen-bond donors (Lipinski definition) is 1. The first kappa shape index (κ1) is 19.2. The maximum absolute atomic E-state index is 13.7. The lowest BCUT2D eigenvalue weighted by atomic mass is 10.1. The van der Waals surface area contributed by atoms with Crippen molar-refractivity contribution in [2.24, 2.45) is 0 Å². The van der Waals surface area contributed by atoms with Gasteiger partial charge in [-0.2, -0.15) is 0 Å². The fourth-order valence-electron chi connectivity index (χ4n) is 2.64. The van der Waals surface area contributed by atoms with Gasteiger partial charge in [0.25, 0.3) is 5.91 Å². The Balaban J connectivity index is 1.51. The molecule has 4 rings (SSSR count). The van der Waals surface area contributed by atoms with E-state index in [-0.39, 0.29) is 11.9 Å². The van der Waals surface area contributed by atoms with Crippen LogP contribution in [0.15, 0.2) is 48.8 Å². The second kappa shape index (κ2) is 8.10. The summed E-state index contributed by atoms with van der Waals surface area (Å²) in [7, 11) is 0. The van der Waals surface area contributed by atoms with Crippen LogP contribution in [0.25, 0.3) is 11.3 Å². The standard InChI is InChI=1S/C20H14ClF2N3O3/c21-15-5-4-11(29-12-9-28-10-12)6-14(15)17-7-25-18(8-24-17)26-20(27)13-2-1-3-16(22)19(13)23/h1-8,12H,9-10H2,(H,25,26,27). The zero-order valence-electron chi connectivity index (χ0n) is 14.9. The lowest BCUT2D eigenvalue weighted by Crippen LogP contribution is -2.38. The molecule has 1 aliphatic heterocycles. The number of hydrogen-bond acceptors (Lipinski definition) is 5. The summed E-state index contributed by atoms with van der Waals surface area (Å²) in [5.74, 6) is -2.46. The average molecular weight is 418 g/mol. The highest BCUT2D eigenvalue weighted by molar-refractivity contribution is 6.33. The second-order valence-electron chi connectivity index (χ2n) is 6.26. The molecule has 1 saturated heterocycles. The monoisotopic (exact) mass is 417 g/mol. The third-order valence-corrected chi connectivity index (χ3v) is 4.54. The molecular weight excluding hydrogens is 404 g/mol. The molecule has 6 nitrogen and oxygen atoms in total. The van der Waals surface area contributed by atoms with Crippen LogP contribution in [0.3, 0.4) is 0 Å². The molecule has 1 amide bonds. The highest BCUT2D eigenvalue weighted by Gasteiger charge is 2.21. The number of amides is 1. The van der Waals surface area contributed by atoms with Crippen molar-refractivity contribution in [2.45, 2.75) is 6.10 Å². The lowest BCUT2D eigenvalue weighted by Gasteiger charge is -2.26. The van der Waals surface area contributed by atoms with Crippen molar-refractivity contribution in [2.75, 3.05) is 18.5 Å². The summed E-state index contributed by atoms with van der Waals surface area (Å²) in [6.07, 6.45) is 2.72. The molecule has 1 aliphatic rings. The molecule has 0 saturated carbocycles. The highest BCUT2D eigenvalue weighted by Crippen LogP contribution is 2.31. The summed E-state index contributed by atoms with van der Waals surface area (Å²) in [6, 6.07) is 8.53. The highest BCUT2D eigenvalue weighted by atomic mass is 35.5. The molecule has 0 aliphatic carbocycles. The number of carbonyl (C=O) groups excluding carboxylic acids is 1. The molecule has 29 heavy (non-hydrogen) atoms. The second-order valence-corrected chi connectivity index (χ2v) is 6.67. The van der Waals surface area contributed by atoms with E-state index in [0.29, 0.717) is 35.2 Å². The largest absolute Gasteiger partial charge is 0.486 e. The first-order chi connectivity index (χ1) is 14.0. The van der Waals surface area contributed by atoms with Crippen LogP contribution in [0.2, 0.25) is 5.02 Å². The fraction of sp³-hybridized carbons (Fsp3) is 0.150. The number of rotatable bonds is 5. The summed E-state index contributed by atoms with van der Waals surface area (Å²) < 4.78 is 37.9. The van der Waals surface area contributed by atoms with E-state index < -0.39 is 23.1 Å². The minimum atomic E-state index is -1.23. The molecule has 1 aromatic heterocycles. The number of nitrogens with one attached hydrogen (secondary N) is 1. The Kier molecular flexibility index (Phi) is 5.37. The van der Waals surface area contributed by atoms with Crippen LogP contribution in [0.5, 0.6) is 5.75 Å². The minimum Gasteiger partial charge on any atom is -0.486 e. The molecule has 2 heterocycles. The lowest BCUT2D eigenvalue weighted by molar-refractivity contribution is -0.0796. The van der Waals surface area contributed by atoms with Crippen LogP contribution in [0.4, 0.5) is 14.6 Å². The quantitative estimate of drug-likeness (QED) is 0.676. The predicted molar refractivity (Wildman–Crippen MR) is 102 cm³/mol. The van der Waals surface area contributed by atoms with Gasteiger partial charge in [-0.05, 0) is 30.3 Å². The molecular formula is C20H14ClF2N3O3. The Morgan fingerprint density at radius 1 is 1.17 bits per heavy atom. The van der Waals surface area contributed by atoms with Gasteiger partial charge in [-0.1, -0.05) is 17.7 Å². The van der Waals surface area contributed by atoms with Gasteiger partial charge < -0.3 is 14.8 Å². The summed E-state index contributed by atoms with van der Waals surface area (Å²) in [5, 5.41) is 2.84. The van der Waals surface area contributed by atoms with Crippen LogP contribution in [-0.2, 0) is 4.74 Å². The van der Waals surface area contributed by atoms with Crippen LogP contribution in [0.1, 0.15) is 10.4 Å². The van der Waals surface area contributed by atoms with Crippen molar-refractivity contribution in [3.63, 3.8) is 0 Å². The van der Waals surface area contributed by atoms with Crippen molar-refractivity contribution >= 4 is 23.3 Å². The normalized spacial score (nSPS) is 13.6. The molecule has 1 fully saturated rings. The van der Waals surface area contributed by atoms with Gasteiger partial charge in [0.1, 0.15) is 11.9 Å². The number of anilines is 1. The number of halogens is 3. The van der Waals surface area contributed by atoms with E-state index >= 15 is 0 Å². The molecule has 1 N–H and O–H groups in total. The Morgan fingerprint density at radius 3 is 2.69 bits per heavy atom. The van der Waals surface area contributed by atoms with E-state index in [4.69, 9.17) is 21.1 Å². The Hall–Kier alpha value is -3.10. The first-order valence-electron chi connectivity index (χ1n) is 8.63. The zero-order valence-corrected chi connectivity index (χ0v) is 15.6. The van der Waals surface area contributed by atoms with Gasteiger partial charge in [-0.15, -0.1) is 0 Å². The summed E-state index contributed by atoms with van der Waals surface area (Å²) in [4.78, 5) is 20.5. The molecule has 0 unspecified atom stereocenters. The third kappa shape index (κ3) is 4.18. The van der Waals surface area contributed by atoms with Crippen molar-refractivity contribution in [1.29, 1.82) is 0 Å². The zero-order chi connectivity index (χ0) is 20.4. The van der Waals surface area contributed by atoms with Gasteiger partial charge in [-0.3, -0.25) is 9.78 Å². The van der Waals surface area contributed by atoms with Crippen LogP contribution in [0, 0.1) is 11.6 Å². The molecule has 148 valence electrons. The average Bonchev–Trinajstić information content (AvgIpc) is 2.68. The van der Waals surface area contributed by atoms with Crippen molar-refractivity contribution < 1.29 is 23.0 Å². The molecule has 0 bridgehead atoms. The van der Waals surface area contributed by atoms with Crippen LogP contribution in [-0.4, -0.2) is 35.2 Å². The van der Waals surface area contributed by atoms with E-state index in [1.165, 1.54) is 24.5 Å². The van der Waals surface area contributed by atoms with Gasteiger partial charge in [0.05, 0.1) is 41.9 Å². The molecule has 9 heteroatoms. The van der Waals surface area contributed by atoms with E-state index in [1.54, 1.807) is 18.2 Å². The summed E-state index contributed by atoms with van der Waals surface area (Å²) in [6.45, 7) is 1.08. The van der Waals surface area contributed by atoms with E-state index in [2.05, 4.69) is 15.3 Å². The number of aromatic nitrogens is 2. The van der Waals surface area contributed by atoms with Gasteiger partial charge in [0.2, 0.25) is 0 Å². The SMILES string of the molecule is O=C(Nc1cnc(-c2cc(OC3COC3)ccc2Cl)cn1)c1cccc(F)c1F. The van der Waals surface area contributed by atoms with Gasteiger partial charge in [0.15, 0.2) is 17.5 Å². The fourth-order valence-corrected chi connectivity index (χ4v) is 2.86. The number of carbonyl (C=O) groups is 1. The van der Waals surface area contributed by atoms with Crippen LogP contribution >= 0.6 is 11.6 Å².